The summed E-state index contributed by atoms with van der Waals surface area (Å²) in [6.45, 7) is 3.96. The Balaban J connectivity index is 3.27. The molecule has 3 N–H and O–H groups in total. The van der Waals surface area contributed by atoms with Gasteiger partial charge >= 0.3 is 5.97 Å². The first-order valence-electron chi connectivity index (χ1n) is 4.68. The first-order chi connectivity index (χ1) is 7.02. The molecule has 1 unspecified atom stereocenters. The highest BCUT2D eigenvalue weighted by atomic mass is 32.2. The Morgan fingerprint density at radius 3 is 2.67 bits per heavy atom. The number of thioether (sulfide) groups is 1. The van der Waals surface area contributed by atoms with E-state index < -0.39 is 5.97 Å². The second kappa shape index (κ2) is 4.57. The van der Waals surface area contributed by atoms with Gasteiger partial charge in [-0.3, -0.25) is 0 Å². The molecule has 0 saturated carbocycles. The van der Waals surface area contributed by atoms with Gasteiger partial charge in [-0.05, 0) is 19.6 Å². The first kappa shape index (κ1) is 11.9. The highest BCUT2D eigenvalue weighted by Crippen LogP contribution is 2.27. The lowest BCUT2D eigenvalue weighted by atomic mass is 10.2. The van der Waals surface area contributed by atoms with Gasteiger partial charge in [0.25, 0.3) is 0 Å². The summed E-state index contributed by atoms with van der Waals surface area (Å²) in [5.41, 5.74) is 5.88. The number of nitrogen functional groups attached to an aromatic ring is 1. The molecular weight excluding hydrogens is 214 g/mol. The fraction of sp³-hybridized carbons (Fsp3) is 0.556. The Bertz CT molecular complexity index is 376. The van der Waals surface area contributed by atoms with Crippen molar-refractivity contribution < 1.29 is 9.90 Å². The monoisotopic (exact) mass is 229 g/mol. The van der Waals surface area contributed by atoms with Gasteiger partial charge in [0.1, 0.15) is 16.4 Å². The molecule has 1 aromatic rings. The number of nitrogens with two attached hydrogens (primary N) is 1. The number of aromatic nitrogens is 2. The van der Waals surface area contributed by atoms with Gasteiger partial charge in [0.2, 0.25) is 0 Å². The van der Waals surface area contributed by atoms with E-state index >= 15 is 0 Å². The molecule has 6 heteroatoms. The Hall–Kier alpha value is -1.17. The van der Waals surface area contributed by atoms with Crippen molar-refractivity contribution in [2.24, 2.45) is 0 Å². The molecular formula is C9H15N3O2S. The molecule has 0 amide bonds. The standard InChI is InChI=1S/C9H15N3O2S/c1-4-5(2)12-7(10)6(9(13)14)8(11-12)15-3/h5H,4,10H2,1-3H3,(H,13,14). The summed E-state index contributed by atoms with van der Waals surface area (Å²) in [6.07, 6.45) is 2.65. The van der Waals surface area contributed by atoms with Gasteiger partial charge in [-0.2, -0.15) is 5.10 Å². The maximum absolute atomic E-state index is 11.0. The molecule has 0 fully saturated rings. The van der Waals surface area contributed by atoms with Crippen LogP contribution in [0.25, 0.3) is 0 Å². The minimum Gasteiger partial charge on any atom is -0.477 e. The third-order valence-corrected chi connectivity index (χ3v) is 3.00. The lowest BCUT2D eigenvalue weighted by Gasteiger charge is -2.10. The topological polar surface area (TPSA) is 81.1 Å². The number of carbonyl (C=O) groups is 1. The molecule has 84 valence electrons. The summed E-state index contributed by atoms with van der Waals surface area (Å²) in [5.74, 6) is -0.785. The summed E-state index contributed by atoms with van der Waals surface area (Å²) < 4.78 is 1.58. The summed E-state index contributed by atoms with van der Waals surface area (Å²) in [6, 6.07) is 0.115. The van der Waals surface area contributed by atoms with E-state index in [1.165, 1.54) is 11.8 Å². The van der Waals surface area contributed by atoms with E-state index in [0.29, 0.717) is 5.03 Å². The number of hydrogen-bond donors (Lipinski definition) is 2. The third-order valence-electron chi connectivity index (χ3n) is 2.33. The SMILES string of the molecule is CCC(C)n1nc(SC)c(C(=O)O)c1N. The lowest BCUT2D eigenvalue weighted by molar-refractivity contribution is 0.0694. The molecule has 0 bridgehead atoms. The van der Waals surface area contributed by atoms with Gasteiger partial charge in [0.15, 0.2) is 0 Å². The zero-order valence-corrected chi connectivity index (χ0v) is 9.84. The summed E-state index contributed by atoms with van der Waals surface area (Å²) in [5, 5.41) is 13.7. The van der Waals surface area contributed by atoms with E-state index in [1.807, 2.05) is 13.8 Å². The summed E-state index contributed by atoms with van der Waals surface area (Å²) in [4.78, 5) is 11.0. The quantitative estimate of drug-likeness (QED) is 0.770. The van der Waals surface area contributed by atoms with Crippen LogP contribution in [-0.4, -0.2) is 27.1 Å². The molecule has 0 radical (unpaired) electrons. The Morgan fingerprint density at radius 1 is 1.73 bits per heavy atom. The number of carboxylic acids is 1. The number of carboxylic acid groups (broad SMARTS) is 1. The van der Waals surface area contributed by atoms with Crippen LogP contribution < -0.4 is 5.73 Å². The molecule has 15 heavy (non-hydrogen) atoms. The predicted octanol–water partition coefficient (Wildman–Crippen LogP) is 1.86. The largest absolute Gasteiger partial charge is 0.477 e. The molecule has 0 aliphatic carbocycles. The second-order valence-electron chi connectivity index (χ2n) is 3.28. The van der Waals surface area contributed by atoms with Crippen LogP contribution >= 0.6 is 11.8 Å². The van der Waals surface area contributed by atoms with Crippen LogP contribution in [0.4, 0.5) is 5.82 Å². The van der Waals surface area contributed by atoms with Crippen molar-refractivity contribution >= 4 is 23.5 Å². The molecule has 0 saturated heterocycles. The summed E-state index contributed by atoms with van der Waals surface area (Å²) in [7, 11) is 0. The van der Waals surface area contributed by atoms with Crippen molar-refractivity contribution in [1.82, 2.24) is 9.78 Å². The molecule has 1 rings (SSSR count). The van der Waals surface area contributed by atoms with Crippen LogP contribution in [-0.2, 0) is 0 Å². The molecule has 0 aliphatic heterocycles. The van der Waals surface area contributed by atoms with Gasteiger partial charge < -0.3 is 10.8 Å². The number of hydrogen-bond acceptors (Lipinski definition) is 4. The molecule has 1 aromatic heterocycles. The molecule has 1 heterocycles. The normalized spacial score (nSPS) is 12.7. The van der Waals surface area contributed by atoms with Crippen molar-refractivity contribution in [3.05, 3.63) is 5.56 Å². The van der Waals surface area contributed by atoms with Crippen LogP contribution in [0.3, 0.4) is 0 Å². The van der Waals surface area contributed by atoms with Crippen molar-refractivity contribution in [3.8, 4) is 0 Å². The van der Waals surface area contributed by atoms with Crippen molar-refractivity contribution in [3.63, 3.8) is 0 Å². The Morgan fingerprint density at radius 2 is 2.33 bits per heavy atom. The minimum absolute atomic E-state index is 0.114. The number of nitrogens with zero attached hydrogens (tertiary/aromatic N) is 2. The lowest BCUT2D eigenvalue weighted by Crippen LogP contribution is -2.10. The number of aromatic carboxylic acids is 1. The van der Waals surface area contributed by atoms with Crippen LogP contribution in [0.2, 0.25) is 0 Å². The maximum atomic E-state index is 11.0. The van der Waals surface area contributed by atoms with Crippen molar-refractivity contribution in [1.29, 1.82) is 0 Å². The Labute approximate surface area is 92.6 Å². The highest BCUT2D eigenvalue weighted by Gasteiger charge is 2.22. The number of anilines is 1. The molecule has 5 nitrogen and oxygen atoms in total. The van der Waals surface area contributed by atoms with E-state index in [9.17, 15) is 4.79 Å². The highest BCUT2D eigenvalue weighted by molar-refractivity contribution is 7.98. The van der Waals surface area contributed by atoms with E-state index in [-0.39, 0.29) is 17.4 Å². The summed E-state index contributed by atoms with van der Waals surface area (Å²) >= 11 is 1.29. The zero-order chi connectivity index (χ0) is 11.6. The van der Waals surface area contributed by atoms with Crippen LogP contribution in [0, 0.1) is 0 Å². The fourth-order valence-electron chi connectivity index (χ4n) is 1.28. The van der Waals surface area contributed by atoms with Gasteiger partial charge in [0, 0.05) is 0 Å². The van der Waals surface area contributed by atoms with Crippen molar-refractivity contribution in [2.45, 2.75) is 31.3 Å². The average molecular weight is 229 g/mol. The van der Waals surface area contributed by atoms with Crippen molar-refractivity contribution in [2.75, 3.05) is 12.0 Å². The predicted molar refractivity (Wildman–Crippen MR) is 60.4 cm³/mol. The van der Waals surface area contributed by atoms with Gasteiger partial charge in [0.05, 0.1) is 6.04 Å². The molecule has 0 spiro atoms. The fourth-order valence-corrected chi connectivity index (χ4v) is 1.84. The van der Waals surface area contributed by atoms with Gasteiger partial charge in [-0.15, -0.1) is 11.8 Å². The second-order valence-corrected chi connectivity index (χ2v) is 4.07. The maximum Gasteiger partial charge on any atom is 0.342 e. The Kier molecular flexibility index (Phi) is 3.62. The molecule has 0 aromatic carbocycles. The van der Waals surface area contributed by atoms with Crippen LogP contribution in [0.5, 0.6) is 0 Å². The zero-order valence-electron chi connectivity index (χ0n) is 9.02. The van der Waals surface area contributed by atoms with Crippen LogP contribution in [0.15, 0.2) is 5.03 Å². The molecule has 0 aliphatic rings. The molecule has 1 atom stereocenters. The van der Waals surface area contributed by atoms with Gasteiger partial charge in [-0.1, -0.05) is 6.92 Å². The minimum atomic E-state index is -1.02. The smallest absolute Gasteiger partial charge is 0.342 e. The van der Waals surface area contributed by atoms with E-state index in [0.717, 1.165) is 6.42 Å². The van der Waals surface area contributed by atoms with Gasteiger partial charge in [-0.25, -0.2) is 9.48 Å². The van der Waals surface area contributed by atoms with E-state index in [4.69, 9.17) is 10.8 Å². The van der Waals surface area contributed by atoms with E-state index in [2.05, 4.69) is 5.10 Å². The third kappa shape index (κ3) is 2.09. The van der Waals surface area contributed by atoms with Crippen LogP contribution in [0.1, 0.15) is 36.7 Å². The number of rotatable bonds is 4. The van der Waals surface area contributed by atoms with E-state index in [1.54, 1.807) is 10.9 Å². The average Bonchev–Trinajstić information content (AvgIpc) is 2.54. The first-order valence-corrected chi connectivity index (χ1v) is 5.90.